The van der Waals surface area contributed by atoms with Gasteiger partial charge in [-0.3, -0.25) is 9.48 Å². The van der Waals surface area contributed by atoms with Gasteiger partial charge < -0.3 is 15.7 Å². The third kappa shape index (κ3) is 4.60. The highest BCUT2D eigenvalue weighted by atomic mass is 35.5. The van der Waals surface area contributed by atoms with Gasteiger partial charge >= 0.3 is 0 Å². The monoisotopic (exact) mass is 364 g/mol. The van der Waals surface area contributed by atoms with Crippen LogP contribution in [0.5, 0.6) is 0 Å². The molecule has 1 amide bonds. The summed E-state index contributed by atoms with van der Waals surface area (Å²) in [4.78, 5) is 12.5. The van der Waals surface area contributed by atoms with E-state index in [1.807, 2.05) is 47.3 Å². The molecule has 2 heterocycles. The number of amides is 1. The number of piperidine rings is 1. The van der Waals surface area contributed by atoms with E-state index < -0.39 is 11.6 Å². The molecule has 2 aromatic rings. The molecule has 0 spiro atoms. The van der Waals surface area contributed by atoms with E-state index in [0.717, 1.165) is 12.1 Å². The second-order valence-electron chi connectivity index (χ2n) is 6.23. The van der Waals surface area contributed by atoms with Gasteiger partial charge in [0.2, 0.25) is 5.91 Å². The van der Waals surface area contributed by atoms with E-state index in [4.69, 9.17) is 0 Å². The van der Waals surface area contributed by atoms with Gasteiger partial charge in [-0.05, 0) is 31.0 Å². The number of hydrogen-bond acceptors (Lipinski definition) is 4. The molecule has 0 bridgehead atoms. The second kappa shape index (κ2) is 8.99. The van der Waals surface area contributed by atoms with Crippen molar-refractivity contribution in [3.8, 4) is 0 Å². The molecule has 136 valence electrons. The van der Waals surface area contributed by atoms with Gasteiger partial charge in [-0.1, -0.05) is 30.3 Å². The standard InChI is InChI=1S/C18H24N4O2.ClH/c23-16-14-19-11-9-18(16,15-6-2-1-3-7-15)21-17(24)8-4-12-22-13-5-10-20-22;/h1-3,5-7,10,13,16,19,23H,4,8-9,11-12,14H2,(H,21,24);1H/t16-,18+;/m1./s1. The maximum absolute atomic E-state index is 12.5. The van der Waals surface area contributed by atoms with Gasteiger partial charge in [-0.2, -0.15) is 5.10 Å². The minimum Gasteiger partial charge on any atom is -0.389 e. The number of halogens is 1. The number of aliphatic hydroxyl groups is 1. The lowest BCUT2D eigenvalue weighted by molar-refractivity contribution is -0.126. The minimum absolute atomic E-state index is 0. The van der Waals surface area contributed by atoms with Crippen LogP contribution in [0.25, 0.3) is 0 Å². The third-order valence-corrected chi connectivity index (χ3v) is 4.60. The van der Waals surface area contributed by atoms with Crippen molar-refractivity contribution in [2.75, 3.05) is 13.1 Å². The van der Waals surface area contributed by atoms with Crippen molar-refractivity contribution >= 4 is 18.3 Å². The molecule has 1 aromatic heterocycles. The van der Waals surface area contributed by atoms with Gasteiger partial charge in [0, 0.05) is 31.9 Å². The number of hydrogen-bond donors (Lipinski definition) is 3. The number of carbonyl (C=O) groups excluding carboxylic acids is 1. The molecule has 25 heavy (non-hydrogen) atoms. The molecule has 0 aliphatic carbocycles. The van der Waals surface area contributed by atoms with Crippen LogP contribution in [0.3, 0.4) is 0 Å². The smallest absolute Gasteiger partial charge is 0.220 e. The number of benzene rings is 1. The van der Waals surface area contributed by atoms with Crippen LogP contribution in [0.15, 0.2) is 48.8 Å². The van der Waals surface area contributed by atoms with Crippen LogP contribution >= 0.6 is 12.4 Å². The highest BCUT2D eigenvalue weighted by molar-refractivity contribution is 5.85. The molecule has 3 N–H and O–H groups in total. The molecule has 7 heteroatoms. The van der Waals surface area contributed by atoms with Crippen LogP contribution < -0.4 is 10.6 Å². The van der Waals surface area contributed by atoms with Gasteiger partial charge in [-0.25, -0.2) is 0 Å². The van der Waals surface area contributed by atoms with Crippen LogP contribution in [0.1, 0.15) is 24.8 Å². The van der Waals surface area contributed by atoms with E-state index in [2.05, 4.69) is 15.7 Å². The Morgan fingerprint density at radius 1 is 1.36 bits per heavy atom. The molecule has 0 saturated carbocycles. The summed E-state index contributed by atoms with van der Waals surface area (Å²) in [5, 5.41) is 21.0. The quantitative estimate of drug-likeness (QED) is 0.725. The van der Waals surface area contributed by atoms with Crippen molar-refractivity contribution in [3.63, 3.8) is 0 Å². The number of nitrogens with zero attached hydrogens (tertiary/aromatic N) is 2. The molecule has 1 saturated heterocycles. The van der Waals surface area contributed by atoms with Crippen molar-refractivity contribution in [2.24, 2.45) is 0 Å². The number of nitrogens with one attached hydrogen (secondary N) is 2. The molecule has 0 radical (unpaired) electrons. The summed E-state index contributed by atoms with van der Waals surface area (Å²) in [6.07, 6.45) is 4.77. The Morgan fingerprint density at radius 2 is 2.16 bits per heavy atom. The zero-order valence-electron chi connectivity index (χ0n) is 14.1. The van der Waals surface area contributed by atoms with E-state index in [1.165, 1.54) is 0 Å². The number of aryl methyl sites for hydroxylation is 1. The van der Waals surface area contributed by atoms with Crippen molar-refractivity contribution in [2.45, 2.75) is 37.5 Å². The van der Waals surface area contributed by atoms with Crippen LogP contribution in [-0.2, 0) is 16.9 Å². The Kier molecular flexibility index (Phi) is 6.99. The predicted molar refractivity (Wildman–Crippen MR) is 98.5 cm³/mol. The average Bonchev–Trinajstić information content (AvgIpc) is 3.11. The highest BCUT2D eigenvalue weighted by Crippen LogP contribution is 2.31. The van der Waals surface area contributed by atoms with Gasteiger partial charge in [0.1, 0.15) is 0 Å². The summed E-state index contributed by atoms with van der Waals surface area (Å²) >= 11 is 0. The lowest BCUT2D eigenvalue weighted by Crippen LogP contribution is -2.61. The molecule has 1 fully saturated rings. The third-order valence-electron chi connectivity index (χ3n) is 4.60. The second-order valence-corrected chi connectivity index (χ2v) is 6.23. The maximum Gasteiger partial charge on any atom is 0.220 e. The van der Waals surface area contributed by atoms with Gasteiger partial charge in [0.25, 0.3) is 0 Å². The molecule has 0 unspecified atom stereocenters. The average molecular weight is 365 g/mol. The summed E-state index contributed by atoms with van der Waals surface area (Å²) in [5.41, 5.74) is 0.245. The fourth-order valence-corrected chi connectivity index (χ4v) is 3.30. The largest absolute Gasteiger partial charge is 0.389 e. The Morgan fingerprint density at radius 3 is 2.84 bits per heavy atom. The molecule has 3 rings (SSSR count). The SMILES string of the molecule is Cl.O=C(CCCn1cccn1)N[C@]1(c2ccccc2)CCNC[C@H]1O. The first kappa shape index (κ1) is 19.4. The van der Waals surface area contributed by atoms with Crippen molar-refractivity contribution in [3.05, 3.63) is 54.4 Å². The zero-order valence-corrected chi connectivity index (χ0v) is 14.9. The van der Waals surface area contributed by atoms with Gasteiger partial charge in [0.15, 0.2) is 0 Å². The van der Waals surface area contributed by atoms with Crippen molar-refractivity contribution < 1.29 is 9.90 Å². The van der Waals surface area contributed by atoms with Crippen LogP contribution in [-0.4, -0.2) is 40.0 Å². The summed E-state index contributed by atoms with van der Waals surface area (Å²) in [6, 6.07) is 11.6. The first-order valence-electron chi connectivity index (χ1n) is 8.43. The molecule has 1 aliphatic rings. The number of rotatable bonds is 6. The first-order chi connectivity index (χ1) is 11.7. The Balaban J connectivity index is 0.00000225. The highest BCUT2D eigenvalue weighted by Gasteiger charge is 2.42. The Bertz CT molecular complexity index is 650. The molecule has 1 aromatic carbocycles. The molecule has 2 atom stereocenters. The lowest BCUT2D eigenvalue weighted by atomic mass is 9.79. The van der Waals surface area contributed by atoms with E-state index >= 15 is 0 Å². The normalized spacial score (nSPS) is 22.8. The van der Waals surface area contributed by atoms with Crippen molar-refractivity contribution in [1.82, 2.24) is 20.4 Å². The molecule has 6 nitrogen and oxygen atoms in total. The molecular weight excluding hydrogens is 340 g/mol. The van der Waals surface area contributed by atoms with E-state index in [1.54, 1.807) is 6.20 Å². The number of β-amino-alcohol motifs (C(OH)–C–C–N with tert-alkyl or cyclic N) is 1. The fourth-order valence-electron chi connectivity index (χ4n) is 3.30. The lowest BCUT2D eigenvalue weighted by Gasteiger charge is -2.43. The van der Waals surface area contributed by atoms with Crippen LogP contribution in [0.2, 0.25) is 0 Å². The summed E-state index contributed by atoms with van der Waals surface area (Å²) in [6.45, 7) is 1.95. The first-order valence-corrected chi connectivity index (χ1v) is 8.43. The summed E-state index contributed by atoms with van der Waals surface area (Å²) in [5.74, 6) is -0.0352. The number of aliphatic hydroxyl groups excluding tert-OH is 1. The zero-order chi connectivity index (χ0) is 16.8. The van der Waals surface area contributed by atoms with Crippen LogP contribution in [0.4, 0.5) is 0 Å². The van der Waals surface area contributed by atoms with E-state index in [9.17, 15) is 9.90 Å². The van der Waals surface area contributed by atoms with Crippen LogP contribution in [0, 0.1) is 0 Å². The Hall–Kier alpha value is -1.89. The fraction of sp³-hybridized carbons (Fsp3) is 0.444. The Labute approximate surface area is 154 Å². The number of carbonyl (C=O) groups is 1. The summed E-state index contributed by atoms with van der Waals surface area (Å²) in [7, 11) is 0. The minimum atomic E-state index is -0.713. The van der Waals surface area contributed by atoms with E-state index in [0.29, 0.717) is 32.4 Å². The van der Waals surface area contributed by atoms with Gasteiger partial charge in [0.05, 0.1) is 11.6 Å². The molecular formula is C18H25ClN4O2. The van der Waals surface area contributed by atoms with Gasteiger partial charge in [-0.15, -0.1) is 12.4 Å². The van der Waals surface area contributed by atoms with E-state index in [-0.39, 0.29) is 18.3 Å². The predicted octanol–water partition coefficient (Wildman–Crippen LogP) is 1.45. The number of aromatic nitrogens is 2. The van der Waals surface area contributed by atoms with Crippen molar-refractivity contribution in [1.29, 1.82) is 0 Å². The summed E-state index contributed by atoms with van der Waals surface area (Å²) < 4.78 is 1.82. The molecule has 1 aliphatic heterocycles. The maximum atomic E-state index is 12.5. The topological polar surface area (TPSA) is 79.2 Å².